The number of nitrogens with zero attached hydrogens (tertiary/aromatic N) is 3. The van der Waals surface area contributed by atoms with E-state index in [1.807, 2.05) is 36.4 Å². The van der Waals surface area contributed by atoms with E-state index in [0.29, 0.717) is 49.4 Å². The molecule has 1 heterocycles. The molecule has 3 aliphatic rings. The van der Waals surface area contributed by atoms with Crippen LogP contribution in [0.3, 0.4) is 0 Å². The van der Waals surface area contributed by atoms with Crippen molar-refractivity contribution in [3.63, 3.8) is 0 Å². The first kappa shape index (κ1) is 48.6. The first-order valence-corrected chi connectivity index (χ1v) is 22.3. The summed E-state index contributed by atoms with van der Waals surface area (Å²) >= 11 is 0. The lowest BCUT2D eigenvalue weighted by molar-refractivity contribution is -0.384. The Bertz CT molecular complexity index is 2120. The maximum absolute atomic E-state index is 14.8. The zero-order valence-corrected chi connectivity index (χ0v) is 36.8. The molecule has 0 aromatic heterocycles. The molecule has 2 amide bonds. The molecule has 2 aliphatic carbocycles. The largest absolute Gasteiger partial charge is 0.459 e. The van der Waals surface area contributed by atoms with Crippen LogP contribution in [0.2, 0.25) is 0 Å². The molecule has 65 heavy (non-hydrogen) atoms. The number of fused-ring (bicyclic) bond motifs is 2. The number of ether oxygens (including phenoxy) is 5. The van der Waals surface area contributed by atoms with Crippen molar-refractivity contribution in [2.75, 3.05) is 52.7 Å². The number of carbonyl (C=O) groups is 2. The number of non-ortho nitro benzene ring substituents is 1. The lowest BCUT2D eigenvalue weighted by Crippen LogP contribution is -2.70. The SMILES string of the molecule is C=CCO[C@@]12Oc3ccc(OC(=O)NCC)cc3[C@H]3[C@H](CCCCO)[C@@H](CCCCO)C=C(C(=NOCc4ccccc4)C[C@@H]1N(CCOCCO)C(=O)Oc1ccc([N+](=O)[O-])cc1)[C@H]32. The molecule has 0 radical (unpaired) electrons. The Morgan fingerprint density at radius 1 is 0.969 bits per heavy atom. The van der Waals surface area contributed by atoms with E-state index in [1.54, 1.807) is 25.1 Å². The normalized spacial score (nSPS) is 22.4. The first-order chi connectivity index (χ1) is 31.7. The predicted octanol–water partition coefficient (Wildman–Crippen LogP) is 7.05. The molecular weight excluding hydrogens is 841 g/mol. The number of oxime groups is 1. The molecule has 0 saturated heterocycles. The van der Waals surface area contributed by atoms with Gasteiger partial charge in [-0.2, -0.15) is 0 Å². The Morgan fingerprint density at radius 3 is 2.40 bits per heavy atom. The summed E-state index contributed by atoms with van der Waals surface area (Å²) in [5.41, 5.74) is 2.78. The molecule has 6 atom stereocenters. The summed E-state index contributed by atoms with van der Waals surface area (Å²) in [7, 11) is 0. The van der Waals surface area contributed by atoms with Gasteiger partial charge in [-0.3, -0.25) is 15.0 Å². The van der Waals surface area contributed by atoms with Gasteiger partial charge in [-0.25, -0.2) is 9.59 Å². The molecule has 3 aromatic carbocycles. The van der Waals surface area contributed by atoms with E-state index in [-0.39, 0.29) is 82.5 Å². The third kappa shape index (κ3) is 11.9. The van der Waals surface area contributed by atoms with Crippen molar-refractivity contribution in [2.45, 2.75) is 76.2 Å². The van der Waals surface area contributed by atoms with Gasteiger partial charge in [-0.1, -0.05) is 60.5 Å². The highest BCUT2D eigenvalue weighted by molar-refractivity contribution is 6.03. The number of unbranched alkanes of at least 4 members (excludes halogenated alkanes) is 2. The molecule has 17 nitrogen and oxygen atoms in total. The van der Waals surface area contributed by atoms with Gasteiger partial charge in [0.15, 0.2) is 0 Å². The second-order valence-electron chi connectivity index (χ2n) is 16.1. The second-order valence-corrected chi connectivity index (χ2v) is 16.1. The highest BCUT2D eigenvalue weighted by Gasteiger charge is 2.65. The Hall–Kier alpha value is -5.85. The maximum atomic E-state index is 14.8. The summed E-state index contributed by atoms with van der Waals surface area (Å²) in [6.45, 7) is 5.99. The fraction of sp³-hybridized carbons (Fsp3) is 0.479. The minimum absolute atomic E-state index is 0.000932. The van der Waals surface area contributed by atoms with Crippen LogP contribution >= 0.6 is 0 Å². The number of nitro benzene ring substituents is 1. The summed E-state index contributed by atoms with van der Waals surface area (Å²) in [5.74, 6) is -2.14. The molecule has 0 bridgehead atoms. The van der Waals surface area contributed by atoms with Crippen LogP contribution in [0.25, 0.3) is 0 Å². The first-order valence-electron chi connectivity index (χ1n) is 22.3. The number of nitro groups is 1. The number of carbonyl (C=O) groups excluding carboxylic acids is 2. The molecule has 17 heteroatoms. The minimum atomic E-state index is -1.66. The minimum Gasteiger partial charge on any atom is -0.459 e. The number of hydrogen-bond donors (Lipinski definition) is 4. The number of rotatable bonds is 24. The predicted molar refractivity (Wildman–Crippen MR) is 240 cm³/mol. The highest BCUT2D eigenvalue weighted by atomic mass is 16.7. The van der Waals surface area contributed by atoms with Crippen LogP contribution in [0.1, 0.15) is 68.9 Å². The van der Waals surface area contributed by atoms with Crippen molar-refractivity contribution in [2.24, 2.45) is 22.9 Å². The molecule has 4 N–H and O–H groups in total. The van der Waals surface area contributed by atoms with Crippen LogP contribution in [0.15, 0.2) is 102 Å². The van der Waals surface area contributed by atoms with Crippen LogP contribution in [0, 0.1) is 27.9 Å². The van der Waals surface area contributed by atoms with E-state index in [1.165, 1.54) is 29.2 Å². The van der Waals surface area contributed by atoms with Crippen LogP contribution < -0.4 is 19.5 Å². The Labute approximate surface area is 378 Å². The van der Waals surface area contributed by atoms with Crippen molar-refractivity contribution in [3.05, 3.63) is 118 Å². The van der Waals surface area contributed by atoms with Gasteiger partial charge >= 0.3 is 12.2 Å². The monoisotopic (exact) mass is 900 g/mol. The van der Waals surface area contributed by atoms with Crippen molar-refractivity contribution < 1.29 is 58.4 Å². The fourth-order valence-electron chi connectivity index (χ4n) is 9.26. The van der Waals surface area contributed by atoms with Crippen LogP contribution in [0.4, 0.5) is 15.3 Å². The Balaban J connectivity index is 1.57. The molecule has 3 aromatic rings. The van der Waals surface area contributed by atoms with E-state index in [2.05, 4.69) is 18.0 Å². The number of allylic oxidation sites excluding steroid dienone is 1. The van der Waals surface area contributed by atoms with Gasteiger partial charge in [0.05, 0.1) is 43.0 Å². The van der Waals surface area contributed by atoms with Gasteiger partial charge in [0, 0.05) is 56.3 Å². The van der Waals surface area contributed by atoms with Crippen molar-refractivity contribution in [1.82, 2.24) is 10.2 Å². The van der Waals surface area contributed by atoms with Crippen LogP contribution in [-0.4, -0.2) is 108 Å². The topological polar surface area (TPSA) is 221 Å². The van der Waals surface area contributed by atoms with E-state index in [9.17, 15) is 35.0 Å². The highest BCUT2D eigenvalue weighted by Crippen LogP contribution is 2.62. The number of amides is 2. The summed E-state index contributed by atoms with van der Waals surface area (Å²) < 4.78 is 31.7. The number of nitrogens with one attached hydrogen (secondary N) is 1. The second kappa shape index (κ2) is 23.9. The molecule has 1 aliphatic heterocycles. The summed E-state index contributed by atoms with van der Waals surface area (Å²) in [6.07, 6.45) is 6.39. The lowest BCUT2D eigenvalue weighted by atomic mass is 9.55. The number of aliphatic hydroxyl groups is 3. The molecule has 1 fully saturated rings. The summed E-state index contributed by atoms with van der Waals surface area (Å²) in [5, 5.41) is 48.4. The molecule has 0 spiro atoms. The Kier molecular flexibility index (Phi) is 17.9. The average molecular weight is 901 g/mol. The zero-order chi connectivity index (χ0) is 46.2. The smallest absolute Gasteiger partial charge is 0.415 e. The fourth-order valence-corrected chi connectivity index (χ4v) is 9.26. The van der Waals surface area contributed by atoms with Gasteiger partial charge in [-0.15, -0.1) is 6.58 Å². The van der Waals surface area contributed by atoms with E-state index in [4.69, 9.17) is 33.7 Å². The molecular formula is C48H60N4O13. The molecule has 1 saturated carbocycles. The number of aliphatic hydroxyl groups excluding tert-OH is 3. The summed E-state index contributed by atoms with van der Waals surface area (Å²) in [6, 6.07) is 18.9. The van der Waals surface area contributed by atoms with Crippen molar-refractivity contribution in [3.8, 4) is 17.2 Å². The van der Waals surface area contributed by atoms with Crippen LogP contribution in [0.5, 0.6) is 17.2 Å². The van der Waals surface area contributed by atoms with E-state index >= 15 is 0 Å². The van der Waals surface area contributed by atoms with Gasteiger partial charge in [0.2, 0.25) is 5.79 Å². The standard InChI is InChI=1S/C48H60N4O13/c1-3-26-61-48-43(51(22-27-60-28-25-55)47(57)64-36-18-16-35(17-19-36)52(58)59)31-41(50-62-32-33-12-6-5-7-13-33)39-29-34(14-8-10-23-53)38(15-9-11-24-54)44(45(39)48)40-30-37(20-21-42(40)65-48)63-46(56)49-4-2/h3,5-7,12-13,16-21,29-30,34,38,43-45,53-55H,1,4,8-11,14-15,22-28,31-32H2,2H3,(H,49,56)/t34-,38+,43-,44+,45+,48+/m0/s1. The quantitative estimate of drug-likeness (QED) is 0.0307. The number of hydrogen-bond acceptors (Lipinski definition) is 14. The third-order valence-electron chi connectivity index (χ3n) is 12.0. The maximum Gasteiger partial charge on any atom is 0.415 e. The lowest BCUT2D eigenvalue weighted by Gasteiger charge is -2.59. The zero-order valence-electron chi connectivity index (χ0n) is 36.8. The van der Waals surface area contributed by atoms with Crippen molar-refractivity contribution in [1.29, 1.82) is 0 Å². The summed E-state index contributed by atoms with van der Waals surface area (Å²) in [4.78, 5) is 46.1. The van der Waals surface area contributed by atoms with Gasteiger partial charge in [0.25, 0.3) is 5.69 Å². The van der Waals surface area contributed by atoms with Crippen molar-refractivity contribution >= 4 is 23.6 Å². The van der Waals surface area contributed by atoms with Crippen LogP contribution in [-0.2, 0) is 20.9 Å². The third-order valence-corrected chi connectivity index (χ3v) is 12.0. The number of benzene rings is 3. The van der Waals surface area contributed by atoms with Gasteiger partial charge in [0.1, 0.15) is 29.9 Å². The van der Waals surface area contributed by atoms with Gasteiger partial charge in [-0.05, 0) is 85.9 Å². The van der Waals surface area contributed by atoms with E-state index in [0.717, 1.165) is 29.5 Å². The van der Waals surface area contributed by atoms with E-state index < -0.39 is 40.8 Å². The Morgan fingerprint density at radius 2 is 1.71 bits per heavy atom. The van der Waals surface area contributed by atoms with Gasteiger partial charge < -0.3 is 49.2 Å². The molecule has 6 rings (SSSR count). The average Bonchev–Trinajstić information content (AvgIpc) is 3.30. The molecule has 0 unspecified atom stereocenters. The molecule has 350 valence electrons.